The van der Waals surface area contributed by atoms with Gasteiger partial charge in [-0.1, -0.05) is 19.9 Å². The van der Waals surface area contributed by atoms with Crippen LogP contribution < -0.4 is 10.5 Å². The smallest absolute Gasteiger partial charge is 0.419 e. The second-order valence-electron chi connectivity index (χ2n) is 5.60. The molecule has 5 heteroatoms. The number of alkyl halides is 3. The lowest BCUT2D eigenvalue weighted by atomic mass is 10.0. The molecular weight excluding hydrogens is 255 g/mol. The molecule has 2 nitrogen and oxygen atoms in total. The minimum atomic E-state index is -4.39. The summed E-state index contributed by atoms with van der Waals surface area (Å²) < 4.78 is 43.2. The first-order valence-corrected chi connectivity index (χ1v) is 6.18. The molecule has 2 atom stereocenters. The summed E-state index contributed by atoms with van der Waals surface area (Å²) in [6, 6.07) is 4.12. The first kappa shape index (κ1) is 14.2. The Labute approximate surface area is 110 Å². The van der Waals surface area contributed by atoms with E-state index in [0.29, 0.717) is 12.5 Å². The zero-order valence-electron chi connectivity index (χ0n) is 11.2. The normalized spacial score (nSPS) is 25.2. The molecule has 1 aromatic rings. The molecule has 0 amide bonds. The van der Waals surface area contributed by atoms with Crippen molar-refractivity contribution in [2.45, 2.75) is 25.9 Å². The third-order valence-electron chi connectivity index (χ3n) is 4.19. The first-order chi connectivity index (χ1) is 8.73. The number of hydrogen-bond acceptors (Lipinski definition) is 2. The second kappa shape index (κ2) is 4.40. The number of halogens is 3. The van der Waals surface area contributed by atoms with Crippen LogP contribution in [0.1, 0.15) is 30.9 Å². The van der Waals surface area contributed by atoms with Crippen LogP contribution in [-0.2, 0) is 6.18 Å². The average Bonchev–Trinajstić information content (AvgIpc) is 2.89. The number of methoxy groups -OCH3 is 1. The van der Waals surface area contributed by atoms with Gasteiger partial charge in [0.15, 0.2) is 0 Å². The molecule has 1 aliphatic carbocycles. The third kappa shape index (κ3) is 2.31. The quantitative estimate of drug-likeness (QED) is 0.916. The molecular formula is C14H18F3NO. The number of nitrogens with two attached hydrogens (primary N) is 1. The van der Waals surface area contributed by atoms with Crippen molar-refractivity contribution in [1.82, 2.24) is 0 Å². The van der Waals surface area contributed by atoms with E-state index in [1.807, 2.05) is 0 Å². The van der Waals surface area contributed by atoms with Crippen LogP contribution >= 0.6 is 0 Å². The molecule has 2 unspecified atom stereocenters. The lowest BCUT2D eigenvalue weighted by Crippen LogP contribution is -2.08. The largest absolute Gasteiger partial charge is 0.496 e. The number of rotatable bonds is 3. The molecule has 0 spiro atoms. The standard InChI is InChI=1S/C14H18F3NO/c1-13(2)10(7-18)12(13)8-4-5-9(14(15,16)17)11(6-8)19-3/h4-6,10,12H,7,18H2,1-3H3. The predicted octanol–water partition coefficient (Wildman–Crippen LogP) is 3.41. The van der Waals surface area contributed by atoms with Crippen molar-refractivity contribution in [3.8, 4) is 5.75 Å². The molecule has 2 N–H and O–H groups in total. The van der Waals surface area contributed by atoms with Gasteiger partial charge in [0.25, 0.3) is 0 Å². The van der Waals surface area contributed by atoms with Crippen molar-refractivity contribution >= 4 is 0 Å². The molecule has 1 aliphatic rings. The Morgan fingerprint density at radius 1 is 1.32 bits per heavy atom. The fourth-order valence-corrected chi connectivity index (χ4v) is 2.98. The van der Waals surface area contributed by atoms with E-state index < -0.39 is 11.7 Å². The molecule has 0 radical (unpaired) electrons. The summed E-state index contributed by atoms with van der Waals surface area (Å²) in [5.41, 5.74) is 5.87. The molecule has 0 saturated heterocycles. The summed E-state index contributed by atoms with van der Waals surface area (Å²) in [7, 11) is 1.26. The van der Waals surface area contributed by atoms with Crippen molar-refractivity contribution < 1.29 is 17.9 Å². The van der Waals surface area contributed by atoms with Crippen LogP contribution in [-0.4, -0.2) is 13.7 Å². The van der Waals surface area contributed by atoms with Gasteiger partial charge in [0.2, 0.25) is 0 Å². The summed E-state index contributed by atoms with van der Waals surface area (Å²) in [6.45, 7) is 4.71. The van der Waals surface area contributed by atoms with E-state index in [1.165, 1.54) is 19.2 Å². The van der Waals surface area contributed by atoms with Crippen molar-refractivity contribution in [2.24, 2.45) is 17.1 Å². The topological polar surface area (TPSA) is 35.2 Å². The molecule has 2 rings (SSSR count). The van der Waals surface area contributed by atoms with Gasteiger partial charge in [0, 0.05) is 0 Å². The van der Waals surface area contributed by atoms with Crippen molar-refractivity contribution in [3.63, 3.8) is 0 Å². The van der Waals surface area contributed by atoms with Crippen LogP contribution in [0.4, 0.5) is 13.2 Å². The van der Waals surface area contributed by atoms with E-state index in [9.17, 15) is 13.2 Å². The molecule has 0 bridgehead atoms. The van der Waals surface area contributed by atoms with E-state index in [1.54, 1.807) is 0 Å². The van der Waals surface area contributed by atoms with Crippen LogP contribution in [0, 0.1) is 11.3 Å². The Hall–Kier alpha value is -1.23. The molecule has 0 heterocycles. The molecule has 0 aromatic heterocycles. The summed E-state index contributed by atoms with van der Waals surface area (Å²) >= 11 is 0. The Morgan fingerprint density at radius 3 is 2.37 bits per heavy atom. The highest BCUT2D eigenvalue weighted by Gasteiger charge is 2.57. The van der Waals surface area contributed by atoms with E-state index in [0.717, 1.165) is 11.6 Å². The lowest BCUT2D eigenvalue weighted by molar-refractivity contribution is -0.138. The average molecular weight is 273 g/mol. The Bertz CT molecular complexity index is 482. The Morgan fingerprint density at radius 2 is 1.95 bits per heavy atom. The number of hydrogen-bond donors (Lipinski definition) is 1. The van der Waals surface area contributed by atoms with E-state index in [4.69, 9.17) is 10.5 Å². The summed E-state index contributed by atoms with van der Waals surface area (Å²) in [5.74, 6) is 0.395. The maximum atomic E-state index is 12.8. The first-order valence-electron chi connectivity index (χ1n) is 6.18. The van der Waals surface area contributed by atoms with Crippen LogP contribution in [0.15, 0.2) is 18.2 Å². The van der Waals surface area contributed by atoms with Gasteiger partial charge in [-0.15, -0.1) is 0 Å². The highest BCUT2D eigenvalue weighted by atomic mass is 19.4. The Balaban J connectivity index is 2.37. The Kier molecular flexibility index (Phi) is 3.29. The van der Waals surface area contributed by atoms with Gasteiger partial charge in [-0.05, 0) is 41.5 Å². The van der Waals surface area contributed by atoms with Gasteiger partial charge in [0.05, 0.1) is 12.7 Å². The highest BCUT2D eigenvalue weighted by Crippen LogP contribution is 2.64. The molecule has 106 valence electrons. The fourth-order valence-electron chi connectivity index (χ4n) is 2.98. The monoisotopic (exact) mass is 273 g/mol. The lowest BCUT2D eigenvalue weighted by Gasteiger charge is -2.13. The molecule has 1 saturated carbocycles. The zero-order chi connectivity index (χ0) is 14.4. The minimum absolute atomic E-state index is 0.0412. The SMILES string of the molecule is COc1cc(C2C(CN)C2(C)C)ccc1C(F)(F)F. The maximum absolute atomic E-state index is 12.8. The van der Waals surface area contributed by atoms with Crippen molar-refractivity contribution in [3.05, 3.63) is 29.3 Å². The van der Waals surface area contributed by atoms with Crippen molar-refractivity contribution in [1.29, 1.82) is 0 Å². The van der Waals surface area contributed by atoms with E-state index >= 15 is 0 Å². The van der Waals surface area contributed by atoms with Gasteiger partial charge in [-0.3, -0.25) is 0 Å². The van der Waals surface area contributed by atoms with Gasteiger partial charge in [-0.25, -0.2) is 0 Å². The maximum Gasteiger partial charge on any atom is 0.419 e. The number of ether oxygens (including phenoxy) is 1. The van der Waals surface area contributed by atoms with Crippen LogP contribution in [0.3, 0.4) is 0 Å². The van der Waals surface area contributed by atoms with E-state index in [-0.39, 0.29) is 17.1 Å². The number of benzene rings is 1. The summed E-state index contributed by atoms with van der Waals surface area (Å²) in [5, 5.41) is 0. The predicted molar refractivity (Wildman–Crippen MR) is 67.1 cm³/mol. The molecule has 1 aromatic carbocycles. The van der Waals surface area contributed by atoms with Gasteiger partial charge in [0.1, 0.15) is 5.75 Å². The van der Waals surface area contributed by atoms with Crippen LogP contribution in [0.5, 0.6) is 5.75 Å². The second-order valence-corrected chi connectivity index (χ2v) is 5.60. The van der Waals surface area contributed by atoms with Crippen LogP contribution in [0.2, 0.25) is 0 Å². The van der Waals surface area contributed by atoms with Crippen LogP contribution in [0.25, 0.3) is 0 Å². The van der Waals surface area contributed by atoms with Gasteiger partial charge < -0.3 is 10.5 Å². The van der Waals surface area contributed by atoms with Crippen molar-refractivity contribution in [2.75, 3.05) is 13.7 Å². The molecule has 0 aliphatic heterocycles. The minimum Gasteiger partial charge on any atom is -0.496 e. The zero-order valence-corrected chi connectivity index (χ0v) is 11.2. The third-order valence-corrected chi connectivity index (χ3v) is 4.19. The van der Waals surface area contributed by atoms with E-state index in [2.05, 4.69) is 13.8 Å². The van der Waals surface area contributed by atoms with Gasteiger partial charge in [-0.2, -0.15) is 13.2 Å². The summed E-state index contributed by atoms with van der Waals surface area (Å²) in [6.07, 6.45) is -4.39. The molecule has 19 heavy (non-hydrogen) atoms. The summed E-state index contributed by atoms with van der Waals surface area (Å²) in [4.78, 5) is 0. The van der Waals surface area contributed by atoms with Gasteiger partial charge >= 0.3 is 6.18 Å². The highest BCUT2D eigenvalue weighted by molar-refractivity contribution is 5.44. The fraction of sp³-hybridized carbons (Fsp3) is 0.571. The molecule has 1 fully saturated rings.